The smallest absolute Gasteiger partial charge is 0.266 e. The third-order valence-corrected chi connectivity index (χ3v) is 4.14. The van der Waals surface area contributed by atoms with Gasteiger partial charge in [-0.2, -0.15) is 4.39 Å². The van der Waals surface area contributed by atoms with Crippen LogP contribution >= 0.6 is 11.6 Å². The Morgan fingerprint density at radius 1 is 1.29 bits per heavy atom. The van der Waals surface area contributed by atoms with Crippen LogP contribution in [0.5, 0.6) is 11.6 Å². The van der Waals surface area contributed by atoms with E-state index in [1.165, 1.54) is 37.5 Å². The normalized spacial score (nSPS) is 10.6. The highest BCUT2D eigenvalue weighted by Crippen LogP contribution is 2.28. The Morgan fingerprint density at radius 2 is 2.07 bits per heavy atom. The van der Waals surface area contributed by atoms with E-state index in [4.69, 9.17) is 16.3 Å². The molecule has 2 aromatic heterocycles. The van der Waals surface area contributed by atoms with Crippen molar-refractivity contribution in [3.8, 4) is 11.6 Å². The van der Waals surface area contributed by atoms with Crippen LogP contribution in [0.2, 0.25) is 5.02 Å². The number of rotatable bonds is 5. The molecule has 3 rings (SSSR count). The SMILES string of the molecule is Cc1ccc(Oc2ncccc2CNC(=O)c2c[nH]c(=O)c(Cl)c2)c(F)c1F. The van der Waals surface area contributed by atoms with Crippen LogP contribution in [0.3, 0.4) is 0 Å². The number of aryl methyl sites for hydroxylation is 1. The zero-order valence-corrected chi connectivity index (χ0v) is 15.3. The van der Waals surface area contributed by atoms with Crippen molar-refractivity contribution in [2.24, 2.45) is 0 Å². The molecule has 0 aliphatic rings. The largest absolute Gasteiger partial charge is 0.435 e. The molecule has 1 amide bonds. The predicted molar refractivity (Wildman–Crippen MR) is 98.6 cm³/mol. The van der Waals surface area contributed by atoms with Gasteiger partial charge in [-0.25, -0.2) is 9.37 Å². The molecule has 0 spiro atoms. The predicted octanol–water partition coefficient (Wildman–Crippen LogP) is 3.73. The summed E-state index contributed by atoms with van der Waals surface area (Å²) in [6.07, 6.45) is 2.65. The van der Waals surface area contributed by atoms with Crippen LogP contribution in [-0.2, 0) is 6.54 Å². The zero-order valence-electron chi connectivity index (χ0n) is 14.6. The first-order valence-corrected chi connectivity index (χ1v) is 8.47. The highest BCUT2D eigenvalue weighted by molar-refractivity contribution is 6.30. The van der Waals surface area contributed by atoms with Crippen LogP contribution in [-0.4, -0.2) is 15.9 Å². The first-order chi connectivity index (χ1) is 13.4. The third kappa shape index (κ3) is 4.17. The minimum atomic E-state index is -1.12. The van der Waals surface area contributed by atoms with Crippen molar-refractivity contribution in [2.75, 3.05) is 0 Å². The number of nitrogens with zero attached hydrogens (tertiary/aromatic N) is 1. The molecule has 0 fully saturated rings. The summed E-state index contributed by atoms with van der Waals surface area (Å²) in [4.78, 5) is 29.8. The Hall–Kier alpha value is -3.26. The van der Waals surface area contributed by atoms with E-state index in [0.717, 1.165) is 0 Å². The Balaban J connectivity index is 1.77. The van der Waals surface area contributed by atoms with Gasteiger partial charge >= 0.3 is 0 Å². The summed E-state index contributed by atoms with van der Waals surface area (Å²) in [5, 5.41) is 2.50. The molecule has 2 heterocycles. The quantitative estimate of drug-likeness (QED) is 0.677. The summed E-state index contributed by atoms with van der Waals surface area (Å²) >= 11 is 5.71. The van der Waals surface area contributed by atoms with Crippen LogP contribution in [0.1, 0.15) is 21.5 Å². The fourth-order valence-electron chi connectivity index (χ4n) is 2.33. The lowest BCUT2D eigenvalue weighted by Crippen LogP contribution is -2.24. The first kappa shape index (κ1) is 19.5. The van der Waals surface area contributed by atoms with Gasteiger partial charge in [-0.1, -0.05) is 23.7 Å². The number of aromatic nitrogens is 2. The van der Waals surface area contributed by atoms with Crippen molar-refractivity contribution in [3.63, 3.8) is 0 Å². The highest BCUT2D eigenvalue weighted by atomic mass is 35.5. The number of aromatic amines is 1. The van der Waals surface area contributed by atoms with E-state index in [-0.39, 0.29) is 34.3 Å². The molecule has 1 aromatic carbocycles. The molecule has 0 aliphatic carbocycles. The molecule has 28 heavy (non-hydrogen) atoms. The molecule has 2 N–H and O–H groups in total. The van der Waals surface area contributed by atoms with Crippen molar-refractivity contribution in [3.05, 3.63) is 86.4 Å². The van der Waals surface area contributed by atoms with Crippen molar-refractivity contribution in [1.29, 1.82) is 0 Å². The standard InChI is InChI=1S/C19H14ClF2N3O3/c1-10-4-5-14(16(22)15(10)21)28-19-11(3-2-6-23-19)8-24-17(26)12-7-13(20)18(27)25-9-12/h2-7,9H,8H2,1H3,(H,24,26)(H,25,27). The van der Waals surface area contributed by atoms with Gasteiger partial charge in [-0.05, 0) is 30.7 Å². The third-order valence-electron chi connectivity index (χ3n) is 3.86. The number of carbonyl (C=O) groups is 1. The highest BCUT2D eigenvalue weighted by Gasteiger charge is 2.16. The minimum Gasteiger partial charge on any atom is -0.435 e. The number of benzene rings is 1. The summed E-state index contributed by atoms with van der Waals surface area (Å²) in [5.41, 5.74) is 0.237. The van der Waals surface area contributed by atoms with Gasteiger partial charge in [-0.3, -0.25) is 9.59 Å². The second-order valence-corrected chi connectivity index (χ2v) is 6.23. The summed E-state index contributed by atoms with van der Waals surface area (Å²) in [5.74, 6) is -2.92. The molecule has 0 bridgehead atoms. The number of carbonyl (C=O) groups excluding carboxylic acids is 1. The Bertz CT molecular complexity index is 1100. The van der Waals surface area contributed by atoms with E-state index >= 15 is 0 Å². The maximum absolute atomic E-state index is 14.0. The fraction of sp³-hybridized carbons (Fsp3) is 0.105. The van der Waals surface area contributed by atoms with Crippen LogP contribution in [0, 0.1) is 18.6 Å². The monoisotopic (exact) mass is 405 g/mol. The zero-order chi connectivity index (χ0) is 20.3. The van der Waals surface area contributed by atoms with Gasteiger partial charge in [0.1, 0.15) is 5.02 Å². The number of H-pyrrole nitrogens is 1. The lowest BCUT2D eigenvalue weighted by atomic mass is 10.2. The molecule has 3 aromatic rings. The van der Waals surface area contributed by atoms with Gasteiger partial charge < -0.3 is 15.0 Å². The van der Waals surface area contributed by atoms with Gasteiger partial charge in [0.2, 0.25) is 11.7 Å². The van der Waals surface area contributed by atoms with Gasteiger partial charge in [0.05, 0.1) is 5.56 Å². The molecular formula is C19H14ClF2N3O3. The average molecular weight is 406 g/mol. The lowest BCUT2D eigenvalue weighted by molar-refractivity contribution is 0.0950. The van der Waals surface area contributed by atoms with Crippen LogP contribution in [0.4, 0.5) is 8.78 Å². The fourth-order valence-corrected chi connectivity index (χ4v) is 2.50. The molecule has 9 heteroatoms. The van der Waals surface area contributed by atoms with Crippen LogP contribution in [0.15, 0.2) is 47.5 Å². The Labute approximate surface area is 163 Å². The number of amides is 1. The number of pyridine rings is 2. The molecule has 0 saturated carbocycles. The second kappa shape index (κ2) is 8.18. The molecule has 0 aliphatic heterocycles. The summed E-state index contributed by atoms with van der Waals surface area (Å²) in [6.45, 7) is 1.43. The minimum absolute atomic E-state index is 0.00524. The molecule has 0 unspecified atom stereocenters. The molecule has 6 nitrogen and oxygen atoms in total. The molecule has 144 valence electrons. The van der Waals surface area contributed by atoms with Crippen molar-refractivity contribution < 1.29 is 18.3 Å². The molecular weight excluding hydrogens is 392 g/mol. The van der Waals surface area contributed by atoms with Crippen molar-refractivity contribution in [1.82, 2.24) is 15.3 Å². The molecule has 0 radical (unpaired) electrons. The number of halogens is 3. The summed E-state index contributed by atoms with van der Waals surface area (Å²) in [7, 11) is 0. The van der Waals surface area contributed by atoms with Crippen LogP contribution in [0.25, 0.3) is 0 Å². The number of hydrogen-bond donors (Lipinski definition) is 2. The van der Waals surface area contributed by atoms with Gasteiger partial charge in [0.15, 0.2) is 11.6 Å². The summed E-state index contributed by atoms with van der Waals surface area (Å²) < 4.78 is 33.2. The number of nitrogens with one attached hydrogen (secondary N) is 2. The van der Waals surface area contributed by atoms with E-state index in [2.05, 4.69) is 15.3 Å². The Morgan fingerprint density at radius 3 is 2.82 bits per heavy atom. The average Bonchev–Trinajstić information content (AvgIpc) is 2.69. The second-order valence-electron chi connectivity index (χ2n) is 5.83. The topological polar surface area (TPSA) is 84.1 Å². The van der Waals surface area contributed by atoms with Crippen molar-refractivity contribution >= 4 is 17.5 Å². The first-order valence-electron chi connectivity index (χ1n) is 8.09. The summed E-state index contributed by atoms with van der Waals surface area (Å²) in [6, 6.07) is 7.15. The number of hydrogen-bond acceptors (Lipinski definition) is 4. The van der Waals surface area contributed by atoms with E-state index < -0.39 is 23.1 Å². The molecule has 0 saturated heterocycles. The molecule has 0 atom stereocenters. The van der Waals surface area contributed by atoms with Gasteiger partial charge in [-0.15, -0.1) is 0 Å². The lowest BCUT2D eigenvalue weighted by Gasteiger charge is -2.12. The van der Waals surface area contributed by atoms with E-state index in [9.17, 15) is 18.4 Å². The van der Waals surface area contributed by atoms with E-state index in [1.807, 2.05) is 0 Å². The maximum Gasteiger partial charge on any atom is 0.266 e. The van der Waals surface area contributed by atoms with E-state index in [1.54, 1.807) is 12.1 Å². The Kier molecular flexibility index (Phi) is 5.70. The van der Waals surface area contributed by atoms with E-state index in [0.29, 0.717) is 5.56 Å². The maximum atomic E-state index is 14.0. The van der Waals surface area contributed by atoms with Crippen molar-refractivity contribution in [2.45, 2.75) is 13.5 Å². The van der Waals surface area contributed by atoms with Crippen LogP contribution < -0.4 is 15.6 Å². The van der Waals surface area contributed by atoms with Gasteiger partial charge in [0.25, 0.3) is 11.5 Å². The van der Waals surface area contributed by atoms with Gasteiger partial charge in [0, 0.05) is 24.5 Å². The number of ether oxygens (including phenoxy) is 1.